The van der Waals surface area contributed by atoms with Crippen LogP contribution < -0.4 is 4.74 Å². The van der Waals surface area contributed by atoms with E-state index in [-0.39, 0.29) is 5.78 Å². The highest BCUT2D eigenvalue weighted by atomic mass is 16.5. The number of rotatable bonds is 7. The summed E-state index contributed by atoms with van der Waals surface area (Å²) in [5.74, 6) is 0.378. The molecule has 2 heterocycles. The fourth-order valence-corrected chi connectivity index (χ4v) is 4.10. The van der Waals surface area contributed by atoms with Crippen molar-refractivity contribution in [2.45, 2.75) is 34.1 Å². The van der Waals surface area contributed by atoms with Crippen molar-refractivity contribution in [3.63, 3.8) is 0 Å². The Balaban J connectivity index is 0.000000451. The first kappa shape index (κ1) is 30.9. The lowest BCUT2D eigenvalue weighted by molar-refractivity contribution is 0.101. The van der Waals surface area contributed by atoms with E-state index >= 15 is 0 Å². The van der Waals surface area contributed by atoms with Crippen LogP contribution in [0, 0.1) is 6.92 Å². The number of allylic oxidation sites excluding steroid dienone is 1. The average molecular weight is 523 g/mol. The lowest BCUT2D eigenvalue weighted by Crippen LogP contribution is -2.07. The van der Waals surface area contributed by atoms with Crippen molar-refractivity contribution in [1.82, 2.24) is 9.97 Å². The summed E-state index contributed by atoms with van der Waals surface area (Å²) >= 11 is 0. The molecule has 5 nitrogen and oxygen atoms in total. The predicted octanol–water partition coefficient (Wildman–Crippen LogP) is 7.86. The zero-order valence-corrected chi connectivity index (χ0v) is 23.7. The van der Waals surface area contributed by atoms with Crippen molar-refractivity contribution in [3.8, 4) is 28.1 Å². The van der Waals surface area contributed by atoms with Crippen molar-refractivity contribution in [2.75, 3.05) is 14.2 Å². The molecule has 0 unspecified atom stereocenters. The van der Waals surface area contributed by atoms with Gasteiger partial charge in [-0.1, -0.05) is 80.3 Å². The number of benzene rings is 2. The van der Waals surface area contributed by atoms with Crippen LogP contribution in [0.5, 0.6) is 5.75 Å². The second kappa shape index (κ2) is 15.8. The minimum atomic E-state index is -0.0879. The third-order valence-electron chi connectivity index (χ3n) is 5.94. The summed E-state index contributed by atoms with van der Waals surface area (Å²) in [5.41, 5.74) is 7.94. The first-order valence-electron chi connectivity index (χ1n) is 12.8. The van der Waals surface area contributed by atoms with E-state index in [0.717, 1.165) is 35.9 Å². The summed E-state index contributed by atoms with van der Waals surface area (Å²) in [5, 5.41) is 7.00. The first-order chi connectivity index (χ1) is 18.9. The summed E-state index contributed by atoms with van der Waals surface area (Å²) in [7, 11) is 2.56. The predicted molar refractivity (Wildman–Crippen MR) is 163 cm³/mol. The van der Waals surface area contributed by atoms with E-state index < -0.39 is 0 Å². The van der Waals surface area contributed by atoms with Gasteiger partial charge in [0.05, 0.1) is 18.4 Å². The molecule has 2 aromatic carbocycles. The van der Waals surface area contributed by atoms with Gasteiger partial charge in [-0.05, 0) is 62.1 Å². The van der Waals surface area contributed by atoms with Crippen LogP contribution in [0.2, 0.25) is 0 Å². The van der Waals surface area contributed by atoms with Crippen LogP contribution in [0.25, 0.3) is 34.5 Å². The number of hydrogen-bond acceptors (Lipinski definition) is 5. The maximum Gasteiger partial charge on any atom is 0.164 e. The van der Waals surface area contributed by atoms with Gasteiger partial charge in [0.15, 0.2) is 11.5 Å². The third kappa shape index (κ3) is 8.06. The van der Waals surface area contributed by atoms with Crippen LogP contribution in [-0.4, -0.2) is 35.1 Å². The number of pyridine rings is 2. The molecule has 0 aliphatic carbocycles. The number of hydrogen-bond donors (Lipinski definition) is 1. The van der Waals surface area contributed by atoms with Crippen LogP contribution in [0.15, 0.2) is 85.6 Å². The highest BCUT2D eigenvalue weighted by molar-refractivity contribution is 6.03. The van der Waals surface area contributed by atoms with E-state index in [0.29, 0.717) is 28.3 Å². The molecule has 0 aliphatic heterocycles. The Morgan fingerprint density at radius 1 is 1.00 bits per heavy atom. The monoisotopic (exact) mass is 522 g/mol. The topological polar surface area (TPSA) is 72.3 Å². The third-order valence-corrected chi connectivity index (χ3v) is 5.94. The molecule has 0 aliphatic rings. The summed E-state index contributed by atoms with van der Waals surface area (Å²) in [6.07, 6.45) is 8.37. The highest BCUT2D eigenvalue weighted by Crippen LogP contribution is 2.37. The fraction of sp³-hybridized carbons (Fsp3) is 0.206. The molecule has 1 N–H and O–H groups in total. The second-order valence-corrected chi connectivity index (χ2v) is 8.53. The zero-order chi connectivity index (χ0) is 28.8. The summed E-state index contributed by atoms with van der Waals surface area (Å²) in [6, 6.07) is 22.5. The summed E-state index contributed by atoms with van der Waals surface area (Å²) in [6.45, 7) is 11.4. The van der Waals surface area contributed by atoms with Crippen molar-refractivity contribution < 1.29 is 14.6 Å². The molecule has 0 fully saturated rings. The molecule has 0 saturated carbocycles. The molecule has 5 heteroatoms. The number of methoxy groups -OCH3 is 1. The van der Waals surface area contributed by atoms with E-state index in [1.165, 1.54) is 12.5 Å². The number of ketones is 1. The fourth-order valence-electron chi connectivity index (χ4n) is 4.10. The Kier molecular flexibility index (Phi) is 12.5. The quantitative estimate of drug-likeness (QED) is 0.250. The van der Waals surface area contributed by atoms with Gasteiger partial charge < -0.3 is 9.84 Å². The van der Waals surface area contributed by atoms with Gasteiger partial charge in [-0.2, -0.15) is 0 Å². The van der Waals surface area contributed by atoms with Gasteiger partial charge in [0.2, 0.25) is 0 Å². The molecule has 2 aromatic heterocycles. The van der Waals surface area contributed by atoms with Crippen molar-refractivity contribution in [3.05, 3.63) is 114 Å². The number of aryl methyl sites for hydroxylation is 2. The molecular formula is C34H38N2O3. The Labute approximate surface area is 232 Å². The summed E-state index contributed by atoms with van der Waals surface area (Å²) in [4.78, 5) is 21.5. The maximum absolute atomic E-state index is 12.4. The molecule has 0 bridgehead atoms. The number of carbonyl (C=O) groups is 1. The SMILES string of the molecule is C=Cc1c(/C=C\C)nc(-c2ccc(-c3ccnc(C)c3)cc2)c(OC)c1C(C)=O.CCc1ccccc1.CO. The lowest BCUT2D eigenvalue weighted by atomic mass is 9.96. The Bertz CT molecular complexity index is 1390. The number of Topliss-reactive ketones (excluding diaryl/α,β-unsaturated/α-hetero) is 1. The first-order valence-corrected chi connectivity index (χ1v) is 12.8. The Morgan fingerprint density at radius 3 is 2.13 bits per heavy atom. The number of carbonyl (C=O) groups excluding carboxylic acids is 1. The van der Waals surface area contributed by atoms with E-state index in [4.69, 9.17) is 14.8 Å². The molecule has 0 spiro atoms. The highest BCUT2D eigenvalue weighted by Gasteiger charge is 2.22. The van der Waals surface area contributed by atoms with E-state index in [9.17, 15) is 4.79 Å². The zero-order valence-electron chi connectivity index (χ0n) is 23.7. The van der Waals surface area contributed by atoms with Crippen LogP contribution in [0.3, 0.4) is 0 Å². The number of ether oxygens (including phenoxy) is 1. The van der Waals surface area contributed by atoms with Gasteiger partial charge in [0.25, 0.3) is 0 Å². The minimum Gasteiger partial charge on any atom is -0.494 e. The smallest absolute Gasteiger partial charge is 0.164 e. The minimum absolute atomic E-state index is 0.0879. The molecule has 4 aromatic rings. The molecule has 39 heavy (non-hydrogen) atoms. The number of aliphatic hydroxyl groups is 1. The number of nitrogens with zero attached hydrogens (tertiary/aromatic N) is 2. The van der Waals surface area contributed by atoms with Crippen LogP contribution in [0.4, 0.5) is 0 Å². The lowest BCUT2D eigenvalue weighted by Gasteiger charge is -2.17. The second-order valence-electron chi connectivity index (χ2n) is 8.53. The normalized spacial score (nSPS) is 10.1. The average Bonchev–Trinajstić information content (AvgIpc) is 2.98. The Morgan fingerprint density at radius 2 is 1.64 bits per heavy atom. The van der Waals surface area contributed by atoms with Crippen molar-refractivity contribution >= 4 is 17.9 Å². The molecule has 0 saturated heterocycles. The Hall–Kier alpha value is -4.35. The molecule has 202 valence electrons. The van der Waals surface area contributed by atoms with Gasteiger partial charge in [-0.3, -0.25) is 9.78 Å². The van der Waals surface area contributed by atoms with E-state index in [1.807, 2.05) is 68.5 Å². The van der Waals surface area contributed by atoms with Gasteiger partial charge >= 0.3 is 0 Å². The molecule has 0 radical (unpaired) electrons. The van der Waals surface area contributed by atoms with Gasteiger partial charge in [-0.15, -0.1) is 0 Å². The van der Waals surface area contributed by atoms with Crippen LogP contribution in [-0.2, 0) is 6.42 Å². The maximum atomic E-state index is 12.4. The summed E-state index contributed by atoms with van der Waals surface area (Å²) < 4.78 is 5.63. The van der Waals surface area contributed by atoms with Crippen molar-refractivity contribution in [1.29, 1.82) is 0 Å². The van der Waals surface area contributed by atoms with E-state index in [1.54, 1.807) is 19.4 Å². The van der Waals surface area contributed by atoms with Crippen LogP contribution in [0.1, 0.15) is 53.6 Å². The number of aromatic nitrogens is 2. The molecular weight excluding hydrogens is 484 g/mol. The largest absolute Gasteiger partial charge is 0.494 e. The van der Waals surface area contributed by atoms with Gasteiger partial charge in [0, 0.05) is 30.1 Å². The van der Waals surface area contributed by atoms with Gasteiger partial charge in [-0.25, -0.2) is 4.98 Å². The van der Waals surface area contributed by atoms with Crippen LogP contribution >= 0.6 is 0 Å². The van der Waals surface area contributed by atoms with E-state index in [2.05, 4.69) is 42.8 Å². The number of aliphatic hydroxyl groups excluding tert-OH is 1. The van der Waals surface area contributed by atoms with Crippen molar-refractivity contribution in [2.24, 2.45) is 0 Å². The molecule has 0 amide bonds. The molecule has 4 rings (SSSR count). The molecule has 0 atom stereocenters. The van der Waals surface area contributed by atoms with Gasteiger partial charge in [0.1, 0.15) is 5.69 Å². The standard InChI is InChI=1S/C25H24N2O2.C8H10.CH4O/c1-6-8-22-21(7-2)23(17(4)28)25(29-5)24(27-22)19-11-9-18(10-12-19)20-13-14-26-16(3)15-20;1-2-8-6-4-3-5-7-8;1-2/h6-15H,2H2,1,3-5H3;3-7H,2H2,1H3;2H,1H3/b8-6-;;.